The van der Waals surface area contributed by atoms with E-state index in [0.717, 1.165) is 45.0 Å². The monoisotopic (exact) mass is 248 g/mol. The first-order chi connectivity index (χ1) is 8.74. The zero-order valence-corrected chi connectivity index (χ0v) is 11.5. The molecule has 0 radical (unpaired) electrons. The highest BCUT2D eigenvalue weighted by Crippen LogP contribution is 2.12. The lowest BCUT2D eigenvalue weighted by Gasteiger charge is -2.31. The lowest BCUT2D eigenvalue weighted by molar-refractivity contribution is 0.189. The van der Waals surface area contributed by atoms with E-state index in [1.165, 1.54) is 5.56 Å². The Morgan fingerprint density at radius 2 is 2.33 bits per heavy atom. The fraction of sp³-hybridized carbons (Fsp3) is 0.600. The van der Waals surface area contributed by atoms with Gasteiger partial charge in [0.15, 0.2) is 0 Å². The molecule has 0 spiro atoms. The van der Waals surface area contributed by atoms with Crippen LogP contribution in [0.3, 0.4) is 0 Å². The van der Waals surface area contributed by atoms with Crippen LogP contribution in [0, 0.1) is 6.92 Å². The molecule has 1 aliphatic rings. The van der Waals surface area contributed by atoms with Crippen LogP contribution in [0.4, 0.5) is 0 Å². The molecule has 3 heteroatoms. The third kappa shape index (κ3) is 4.31. The Balaban J connectivity index is 1.64. The Hall–Kier alpha value is -1.06. The minimum Gasteiger partial charge on any atom is -0.494 e. The summed E-state index contributed by atoms with van der Waals surface area (Å²) in [7, 11) is 0. The van der Waals surface area contributed by atoms with Crippen molar-refractivity contribution in [3.8, 4) is 5.75 Å². The molecule has 3 nitrogen and oxygen atoms in total. The summed E-state index contributed by atoms with van der Waals surface area (Å²) >= 11 is 0. The van der Waals surface area contributed by atoms with Crippen LogP contribution in [0.1, 0.15) is 18.9 Å². The number of hydrogen-bond acceptors (Lipinski definition) is 3. The molecule has 0 aliphatic carbocycles. The maximum Gasteiger partial charge on any atom is 0.119 e. The van der Waals surface area contributed by atoms with E-state index < -0.39 is 0 Å². The van der Waals surface area contributed by atoms with Crippen molar-refractivity contribution < 1.29 is 4.74 Å². The first-order valence-corrected chi connectivity index (χ1v) is 6.89. The van der Waals surface area contributed by atoms with Gasteiger partial charge in [-0.1, -0.05) is 12.1 Å². The molecule has 0 aromatic heterocycles. The van der Waals surface area contributed by atoms with E-state index in [1.807, 2.05) is 12.1 Å². The van der Waals surface area contributed by atoms with Crippen LogP contribution < -0.4 is 10.1 Å². The van der Waals surface area contributed by atoms with Gasteiger partial charge in [0.25, 0.3) is 0 Å². The zero-order valence-electron chi connectivity index (χ0n) is 11.5. The number of rotatable bonds is 5. The standard InChI is InChI=1S/C15H24N2O/c1-13-5-3-6-15(11-13)18-10-4-8-17-9-7-16-14(2)12-17/h3,5-6,11,14,16H,4,7-10,12H2,1-2H3/t14-/m0/s1. The minimum atomic E-state index is 0.622. The second-order valence-electron chi connectivity index (χ2n) is 5.17. The molecule has 1 fully saturated rings. The first kappa shape index (κ1) is 13.4. The third-order valence-corrected chi connectivity index (χ3v) is 3.33. The molecule has 0 saturated carbocycles. The van der Waals surface area contributed by atoms with Crippen molar-refractivity contribution in [1.29, 1.82) is 0 Å². The Morgan fingerprint density at radius 1 is 1.44 bits per heavy atom. The van der Waals surface area contributed by atoms with Gasteiger partial charge < -0.3 is 15.0 Å². The van der Waals surface area contributed by atoms with Gasteiger partial charge in [-0.25, -0.2) is 0 Å². The Bertz CT molecular complexity index is 367. The molecule has 100 valence electrons. The van der Waals surface area contributed by atoms with Gasteiger partial charge in [0.05, 0.1) is 6.61 Å². The molecular formula is C15H24N2O. The largest absolute Gasteiger partial charge is 0.494 e. The van der Waals surface area contributed by atoms with Crippen LogP contribution >= 0.6 is 0 Å². The molecular weight excluding hydrogens is 224 g/mol. The highest BCUT2D eigenvalue weighted by molar-refractivity contribution is 5.27. The lowest BCUT2D eigenvalue weighted by atomic mass is 10.2. The molecule has 18 heavy (non-hydrogen) atoms. The highest BCUT2D eigenvalue weighted by atomic mass is 16.5. The van der Waals surface area contributed by atoms with Crippen LogP contribution in [0.5, 0.6) is 5.75 Å². The topological polar surface area (TPSA) is 24.5 Å². The van der Waals surface area contributed by atoms with Crippen molar-refractivity contribution >= 4 is 0 Å². The minimum absolute atomic E-state index is 0.622. The molecule has 0 amide bonds. The summed E-state index contributed by atoms with van der Waals surface area (Å²) in [4.78, 5) is 2.51. The summed E-state index contributed by atoms with van der Waals surface area (Å²) in [6.07, 6.45) is 1.10. The molecule has 1 aliphatic heterocycles. The maximum absolute atomic E-state index is 5.76. The predicted molar refractivity (Wildman–Crippen MR) is 75.2 cm³/mol. The van der Waals surface area contributed by atoms with Gasteiger partial charge in [-0.15, -0.1) is 0 Å². The van der Waals surface area contributed by atoms with Crippen LogP contribution in [0.25, 0.3) is 0 Å². The van der Waals surface area contributed by atoms with E-state index in [4.69, 9.17) is 4.74 Å². The number of nitrogens with one attached hydrogen (secondary N) is 1. The van der Waals surface area contributed by atoms with E-state index in [1.54, 1.807) is 0 Å². The lowest BCUT2D eigenvalue weighted by Crippen LogP contribution is -2.49. The molecule has 2 rings (SSSR count). The number of hydrogen-bond donors (Lipinski definition) is 1. The first-order valence-electron chi connectivity index (χ1n) is 6.89. The molecule has 1 aromatic rings. The fourth-order valence-corrected chi connectivity index (χ4v) is 2.40. The average Bonchev–Trinajstić information content (AvgIpc) is 2.35. The smallest absolute Gasteiger partial charge is 0.119 e. The number of benzene rings is 1. The summed E-state index contributed by atoms with van der Waals surface area (Å²) in [5.41, 5.74) is 1.25. The summed E-state index contributed by atoms with van der Waals surface area (Å²) in [6.45, 7) is 9.71. The van der Waals surface area contributed by atoms with Crippen molar-refractivity contribution in [1.82, 2.24) is 10.2 Å². The van der Waals surface area contributed by atoms with Crippen molar-refractivity contribution in [3.63, 3.8) is 0 Å². The number of aryl methyl sites for hydroxylation is 1. The van der Waals surface area contributed by atoms with Gasteiger partial charge in [-0.05, 0) is 38.0 Å². The van der Waals surface area contributed by atoms with Crippen molar-refractivity contribution in [2.45, 2.75) is 26.3 Å². The van der Waals surface area contributed by atoms with Crippen LogP contribution in [0.2, 0.25) is 0 Å². The van der Waals surface area contributed by atoms with E-state index in [2.05, 4.69) is 36.2 Å². The van der Waals surface area contributed by atoms with Crippen molar-refractivity contribution in [3.05, 3.63) is 29.8 Å². The van der Waals surface area contributed by atoms with Gasteiger partial charge in [-0.3, -0.25) is 0 Å². The fourth-order valence-electron chi connectivity index (χ4n) is 2.40. The van der Waals surface area contributed by atoms with Gasteiger partial charge in [0.2, 0.25) is 0 Å². The number of piperazine rings is 1. The number of ether oxygens (including phenoxy) is 1. The summed E-state index contributed by atoms with van der Waals surface area (Å²) < 4.78 is 5.76. The number of nitrogens with zero attached hydrogens (tertiary/aromatic N) is 1. The maximum atomic E-state index is 5.76. The summed E-state index contributed by atoms with van der Waals surface area (Å²) in [5, 5.41) is 3.46. The van der Waals surface area contributed by atoms with Gasteiger partial charge >= 0.3 is 0 Å². The summed E-state index contributed by atoms with van der Waals surface area (Å²) in [6, 6.07) is 8.88. The van der Waals surface area contributed by atoms with Crippen molar-refractivity contribution in [2.24, 2.45) is 0 Å². The molecule has 1 atom stereocenters. The van der Waals surface area contributed by atoms with E-state index in [-0.39, 0.29) is 0 Å². The predicted octanol–water partition coefficient (Wildman–Crippen LogP) is 2.06. The second kappa shape index (κ2) is 6.76. The van der Waals surface area contributed by atoms with Crippen LogP contribution in [-0.4, -0.2) is 43.7 Å². The normalized spacial score (nSPS) is 20.9. The average molecular weight is 248 g/mol. The molecule has 0 unspecified atom stereocenters. The Kier molecular flexibility index (Phi) is 5.02. The quantitative estimate of drug-likeness (QED) is 0.807. The second-order valence-corrected chi connectivity index (χ2v) is 5.17. The molecule has 1 aromatic carbocycles. The molecule has 1 heterocycles. The van der Waals surface area contributed by atoms with Crippen LogP contribution in [0.15, 0.2) is 24.3 Å². The third-order valence-electron chi connectivity index (χ3n) is 3.33. The van der Waals surface area contributed by atoms with E-state index in [0.29, 0.717) is 6.04 Å². The zero-order chi connectivity index (χ0) is 12.8. The van der Waals surface area contributed by atoms with Gasteiger partial charge in [-0.2, -0.15) is 0 Å². The summed E-state index contributed by atoms with van der Waals surface area (Å²) in [5.74, 6) is 0.990. The molecule has 1 N–H and O–H groups in total. The molecule has 1 saturated heterocycles. The highest BCUT2D eigenvalue weighted by Gasteiger charge is 2.14. The van der Waals surface area contributed by atoms with Gasteiger partial charge in [0, 0.05) is 32.2 Å². The van der Waals surface area contributed by atoms with Gasteiger partial charge in [0.1, 0.15) is 5.75 Å². The van der Waals surface area contributed by atoms with Crippen molar-refractivity contribution in [2.75, 3.05) is 32.8 Å². The Morgan fingerprint density at radius 3 is 3.11 bits per heavy atom. The molecule has 0 bridgehead atoms. The van der Waals surface area contributed by atoms with E-state index >= 15 is 0 Å². The van der Waals surface area contributed by atoms with Crippen LogP contribution in [-0.2, 0) is 0 Å². The van der Waals surface area contributed by atoms with E-state index in [9.17, 15) is 0 Å². The SMILES string of the molecule is Cc1cccc(OCCCN2CCN[C@@H](C)C2)c1. The Labute approximate surface area is 110 Å².